The van der Waals surface area contributed by atoms with Gasteiger partial charge in [-0.1, -0.05) is 24.3 Å². The lowest BCUT2D eigenvalue weighted by atomic mass is 9.84. The molecule has 5 rings (SSSR count). The van der Waals surface area contributed by atoms with Gasteiger partial charge in [0.1, 0.15) is 0 Å². The predicted octanol–water partition coefficient (Wildman–Crippen LogP) is 4.54. The summed E-state index contributed by atoms with van der Waals surface area (Å²) in [5.41, 5.74) is -0.560. The van der Waals surface area contributed by atoms with Crippen molar-refractivity contribution < 1.29 is 44.0 Å². The lowest BCUT2D eigenvalue weighted by molar-refractivity contribution is -0.135. The van der Waals surface area contributed by atoms with Crippen LogP contribution >= 0.6 is 0 Å². The van der Waals surface area contributed by atoms with Crippen LogP contribution in [0.3, 0.4) is 0 Å². The summed E-state index contributed by atoms with van der Waals surface area (Å²) in [4.78, 5) is 60.3. The Bertz CT molecular complexity index is 1780. The smallest absolute Gasteiger partial charge is 0.346 e. The van der Waals surface area contributed by atoms with E-state index in [2.05, 4.69) is 0 Å². The number of hydrogen-bond acceptors (Lipinski definition) is 6. The largest absolute Gasteiger partial charge is 0.478 e. The monoisotopic (exact) mass is 470 g/mol. The first-order valence-electron chi connectivity index (χ1n) is 10.2. The Morgan fingerprint density at radius 2 is 0.943 bits per heavy atom. The second kappa shape index (κ2) is 7.49. The Hall–Kier alpha value is -5.05. The molecule has 0 radical (unpaired) electrons. The van der Waals surface area contributed by atoms with Gasteiger partial charge >= 0.3 is 29.8 Å². The van der Waals surface area contributed by atoms with Gasteiger partial charge < -0.3 is 20.1 Å². The van der Waals surface area contributed by atoms with Crippen molar-refractivity contribution in [2.75, 3.05) is 0 Å². The topological polar surface area (TPSA) is 155 Å². The van der Waals surface area contributed by atoms with Gasteiger partial charge in [-0.05, 0) is 56.6 Å². The van der Waals surface area contributed by atoms with Crippen LogP contribution in [0.5, 0.6) is 0 Å². The summed E-state index contributed by atoms with van der Waals surface area (Å²) in [7, 11) is 0. The zero-order chi connectivity index (χ0) is 25.2. The van der Waals surface area contributed by atoms with E-state index >= 15 is 0 Å². The molecule has 0 unspecified atom stereocenters. The molecule has 0 aliphatic rings. The molecule has 0 saturated carbocycles. The molecule has 0 heterocycles. The summed E-state index contributed by atoms with van der Waals surface area (Å²) in [6, 6.07) is 11.2. The molecule has 0 aromatic heterocycles. The summed E-state index contributed by atoms with van der Waals surface area (Å²) in [5, 5.41) is 31.7. The van der Waals surface area contributed by atoms with E-state index < -0.39 is 29.8 Å². The molecule has 172 valence electrons. The molecule has 0 bridgehead atoms. The Balaban J connectivity index is 2.14. The van der Waals surface area contributed by atoms with E-state index in [-0.39, 0.29) is 38.4 Å². The molecule has 35 heavy (non-hydrogen) atoms. The highest BCUT2D eigenvalue weighted by atomic mass is 16.6. The number of benzene rings is 5. The maximum atomic E-state index is 12.9. The SMILES string of the molecule is CC(=O)OC(=O)c1ccc2c(C(=O)O)ccc3c4ccc(C(=O)O)c5c(C(=O)O)ccc(c1c23)c54. The van der Waals surface area contributed by atoms with Gasteiger partial charge in [0, 0.05) is 17.7 Å². The van der Waals surface area contributed by atoms with E-state index in [4.69, 9.17) is 4.74 Å². The van der Waals surface area contributed by atoms with Crippen molar-refractivity contribution in [2.24, 2.45) is 0 Å². The fourth-order valence-corrected chi connectivity index (χ4v) is 4.78. The van der Waals surface area contributed by atoms with Crippen molar-refractivity contribution in [1.82, 2.24) is 0 Å². The van der Waals surface area contributed by atoms with Crippen LogP contribution in [0.15, 0.2) is 48.5 Å². The molecule has 0 spiro atoms. The maximum absolute atomic E-state index is 12.9. The van der Waals surface area contributed by atoms with Gasteiger partial charge in [0.25, 0.3) is 0 Å². The molecule has 0 saturated heterocycles. The number of carboxylic acid groups (broad SMARTS) is 3. The third-order valence-electron chi connectivity index (χ3n) is 6.05. The molecule has 5 aromatic carbocycles. The number of ether oxygens (including phenoxy) is 1. The maximum Gasteiger partial charge on any atom is 0.346 e. The van der Waals surface area contributed by atoms with Crippen molar-refractivity contribution >= 4 is 72.9 Å². The lowest BCUT2D eigenvalue weighted by Gasteiger charge is -2.19. The Kier molecular flexibility index (Phi) is 4.66. The van der Waals surface area contributed by atoms with Crippen LogP contribution in [0.4, 0.5) is 0 Å². The quantitative estimate of drug-likeness (QED) is 0.149. The Labute approximate surface area is 195 Å². The van der Waals surface area contributed by atoms with E-state index in [1.165, 1.54) is 48.5 Å². The van der Waals surface area contributed by atoms with Gasteiger partial charge in [-0.15, -0.1) is 0 Å². The minimum atomic E-state index is -1.34. The van der Waals surface area contributed by atoms with Crippen LogP contribution in [0.2, 0.25) is 0 Å². The van der Waals surface area contributed by atoms with Gasteiger partial charge in [-0.3, -0.25) is 4.79 Å². The van der Waals surface area contributed by atoms with E-state index in [1.807, 2.05) is 0 Å². The molecular weight excluding hydrogens is 456 g/mol. The number of fused-ring (bicyclic) bond motifs is 2. The van der Waals surface area contributed by atoms with E-state index in [9.17, 15) is 39.3 Å². The third kappa shape index (κ3) is 3.06. The fraction of sp³-hybridized carbons (Fsp3) is 0.0385. The molecule has 9 heteroatoms. The highest BCUT2D eigenvalue weighted by molar-refractivity contribution is 6.39. The van der Waals surface area contributed by atoms with Crippen LogP contribution in [-0.2, 0) is 9.53 Å². The molecule has 3 N–H and O–H groups in total. The van der Waals surface area contributed by atoms with Gasteiger partial charge in [0.2, 0.25) is 0 Å². The number of rotatable bonds is 4. The molecule has 0 fully saturated rings. The summed E-state index contributed by atoms with van der Waals surface area (Å²) in [6.07, 6.45) is 0. The number of hydrogen-bond donors (Lipinski definition) is 3. The first kappa shape index (κ1) is 21.8. The first-order valence-corrected chi connectivity index (χ1v) is 10.2. The van der Waals surface area contributed by atoms with Crippen molar-refractivity contribution in [3.8, 4) is 0 Å². The van der Waals surface area contributed by atoms with Gasteiger partial charge in [0.05, 0.1) is 22.3 Å². The highest BCUT2D eigenvalue weighted by Crippen LogP contribution is 2.44. The second-order valence-electron chi connectivity index (χ2n) is 7.94. The van der Waals surface area contributed by atoms with Crippen LogP contribution in [0, 0.1) is 0 Å². The molecule has 0 aliphatic heterocycles. The molecule has 0 atom stereocenters. The second-order valence-corrected chi connectivity index (χ2v) is 7.94. The number of carbonyl (C=O) groups excluding carboxylic acids is 2. The minimum Gasteiger partial charge on any atom is -0.478 e. The van der Waals surface area contributed by atoms with Crippen LogP contribution in [-0.4, -0.2) is 45.2 Å². The highest BCUT2D eigenvalue weighted by Gasteiger charge is 2.26. The summed E-state index contributed by atoms with van der Waals surface area (Å²) >= 11 is 0. The average molecular weight is 470 g/mol. The van der Waals surface area contributed by atoms with Crippen LogP contribution in [0.25, 0.3) is 43.1 Å². The summed E-state index contributed by atoms with van der Waals surface area (Å²) in [6.45, 7) is 1.06. The normalized spacial score (nSPS) is 11.3. The predicted molar refractivity (Wildman–Crippen MR) is 125 cm³/mol. The fourth-order valence-electron chi connectivity index (χ4n) is 4.78. The minimum absolute atomic E-state index is 0.0273. The number of carboxylic acids is 3. The van der Waals surface area contributed by atoms with Gasteiger partial charge in [0.15, 0.2) is 0 Å². The zero-order valence-corrected chi connectivity index (χ0v) is 17.9. The third-order valence-corrected chi connectivity index (χ3v) is 6.05. The van der Waals surface area contributed by atoms with E-state index in [0.29, 0.717) is 26.9 Å². The zero-order valence-electron chi connectivity index (χ0n) is 17.9. The van der Waals surface area contributed by atoms with Gasteiger partial charge in [-0.25, -0.2) is 19.2 Å². The molecular formula is C26H14O9. The average Bonchev–Trinajstić information content (AvgIpc) is 2.80. The van der Waals surface area contributed by atoms with Crippen molar-refractivity contribution in [1.29, 1.82) is 0 Å². The molecule has 0 aliphatic carbocycles. The summed E-state index contributed by atoms with van der Waals surface area (Å²) in [5.74, 6) is -5.69. The standard InChI is InChI=1S/C26H14O9/c1-10(27)35-26(34)18-9-4-13-14(23(28)29)5-2-11-12-3-7-16(24(30)31)22-17(25(32)33)8-6-15(20(12)22)21(18)19(11)13/h2-9H,1H3,(H,28,29)(H,30,31)(H,32,33). The van der Waals surface area contributed by atoms with Gasteiger partial charge in [-0.2, -0.15) is 0 Å². The molecule has 0 amide bonds. The van der Waals surface area contributed by atoms with Crippen molar-refractivity contribution in [3.05, 3.63) is 70.8 Å². The Morgan fingerprint density at radius 3 is 1.46 bits per heavy atom. The Morgan fingerprint density at radius 1 is 0.514 bits per heavy atom. The lowest BCUT2D eigenvalue weighted by Crippen LogP contribution is -2.11. The van der Waals surface area contributed by atoms with E-state index in [1.54, 1.807) is 0 Å². The number of esters is 2. The van der Waals surface area contributed by atoms with Crippen LogP contribution < -0.4 is 0 Å². The number of aromatic carboxylic acids is 3. The number of carbonyl (C=O) groups is 5. The van der Waals surface area contributed by atoms with Crippen LogP contribution in [0.1, 0.15) is 48.4 Å². The van der Waals surface area contributed by atoms with E-state index in [0.717, 1.165) is 6.92 Å². The van der Waals surface area contributed by atoms with Crippen molar-refractivity contribution in [3.63, 3.8) is 0 Å². The molecule has 9 nitrogen and oxygen atoms in total. The first-order chi connectivity index (χ1) is 16.6. The molecule has 5 aromatic rings. The van der Waals surface area contributed by atoms with Crippen molar-refractivity contribution in [2.45, 2.75) is 6.92 Å². The summed E-state index contributed by atoms with van der Waals surface area (Å²) < 4.78 is 4.79.